The molecule has 0 spiro atoms. The smallest absolute Gasteiger partial charge is 0.243 e. The highest BCUT2D eigenvalue weighted by Crippen LogP contribution is 2.21. The standard InChI is InChI=1S/C19H18FN5O2S/c1-13-4-2-3-5-16(13)25-12-22-24-19(25)28-11-18(27)21-10-17(26)23-15-8-6-14(20)7-9-15/h2-9,12H,10-11H2,1H3,(H,21,27)(H,23,26). The monoisotopic (exact) mass is 399 g/mol. The molecule has 1 heterocycles. The number of benzene rings is 2. The van der Waals surface area contributed by atoms with E-state index in [0.29, 0.717) is 10.8 Å². The number of nitrogens with zero attached hydrogens (tertiary/aromatic N) is 3. The molecule has 2 amide bonds. The van der Waals surface area contributed by atoms with Gasteiger partial charge in [0.2, 0.25) is 11.8 Å². The number of aryl methyl sites for hydroxylation is 1. The fourth-order valence-corrected chi connectivity index (χ4v) is 3.17. The zero-order valence-corrected chi connectivity index (χ0v) is 15.9. The average molecular weight is 399 g/mol. The molecule has 0 saturated heterocycles. The topological polar surface area (TPSA) is 88.9 Å². The van der Waals surface area contributed by atoms with Crippen LogP contribution in [0.2, 0.25) is 0 Å². The Hall–Kier alpha value is -3.20. The number of amides is 2. The van der Waals surface area contributed by atoms with E-state index in [4.69, 9.17) is 0 Å². The Labute approximate surface area is 165 Å². The lowest BCUT2D eigenvalue weighted by Gasteiger charge is -2.09. The fourth-order valence-electron chi connectivity index (χ4n) is 2.42. The summed E-state index contributed by atoms with van der Waals surface area (Å²) < 4.78 is 14.7. The van der Waals surface area contributed by atoms with Gasteiger partial charge in [0.1, 0.15) is 12.1 Å². The number of nitrogens with one attached hydrogen (secondary N) is 2. The van der Waals surface area contributed by atoms with E-state index < -0.39 is 5.91 Å². The first-order valence-electron chi connectivity index (χ1n) is 8.44. The van der Waals surface area contributed by atoms with Crippen LogP contribution >= 0.6 is 11.8 Å². The molecule has 0 bridgehead atoms. The zero-order chi connectivity index (χ0) is 19.9. The Balaban J connectivity index is 1.49. The van der Waals surface area contributed by atoms with E-state index in [-0.39, 0.29) is 24.0 Å². The number of thioether (sulfide) groups is 1. The average Bonchev–Trinajstić information content (AvgIpc) is 3.15. The van der Waals surface area contributed by atoms with Crippen molar-refractivity contribution in [2.75, 3.05) is 17.6 Å². The van der Waals surface area contributed by atoms with Crippen molar-refractivity contribution >= 4 is 29.3 Å². The molecule has 0 aliphatic heterocycles. The second kappa shape index (κ2) is 9.14. The molecule has 0 atom stereocenters. The number of rotatable bonds is 7. The lowest BCUT2D eigenvalue weighted by molar-refractivity contribution is -0.122. The van der Waals surface area contributed by atoms with Gasteiger partial charge >= 0.3 is 0 Å². The van der Waals surface area contributed by atoms with E-state index in [0.717, 1.165) is 11.3 Å². The number of para-hydroxylation sites is 1. The van der Waals surface area contributed by atoms with E-state index in [2.05, 4.69) is 20.8 Å². The second-order valence-electron chi connectivity index (χ2n) is 5.89. The van der Waals surface area contributed by atoms with Crippen molar-refractivity contribution in [3.63, 3.8) is 0 Å². The van der Waals surface area contributed by atoms with Crippen molar-refractivity contribution in [1.29, 1.82) is 0 Å². The summed E-state index contributed by atoms with van der Waals surface area (Å²) in [5, 5.41) is 13.7. The van der Waals surface area contributed by atoms with Gasteiger partial charge in [0.05, 0.1) is 18.0 Å². The summed E-state index contributed by atoms with van der Waals surface area (Å²) in [6.07, 6.45) is 1.60. The maximum atomic E-state index is 12.9. The summed E-state index contributed by atoms with van der Waals surface area (Å²) in [5.41, 5.74) is 2.46. The molecule has 0 unspecified atom stereocenters. The van der Waals surface area contributed by atoms with Gasteiger partial charge in [0.25, 0.3) is 0 Å². The van der Waals surface area contributed by atoms with Crippen LogP contribution in [-0.2, 0) is 9.59 Å². The van der Waals surface area contributed by atoms with Crippen molar-refractivity contribution in [1.82, 2.24) is 20.1 Å². The summed E-state index contributed by atoms with van der Waals surface area (Å²) in [6.45, 7) is 1.80. The SMILES string of the molecule is Cc1ccccc1-n1cnnc1SCC(=O)NCC(=O)Nc1ccc(F)cc1. The predicted octanol–water partition coefficient (Wildman–Crippen LogP) is 2.56. The highest BCUT2D eigenvalue weighted by atomic mass is 32.2. The van der Waals surface area contributed by atoms with Gasteiger partial charge in [-0.2, -0.15) is 0 Å². The van der Waals surface area contributed by atoms with Gasteiger partial charge in [0.15, 0.2) is 5.16 Å². The van der Waals surface area contributed by atoms with Crippen LogP contribution < -0.4 is 10.6 Å². The first kappa shape index (κ1) is 19.6. The molecule has 3 rings (SSSR count). The van der Waals surface area contributed by atoms with Crippen LogP contribution in [0.25, 0.3) is 5.69 Å². The minimum absolute atomic E-state index is 0.0917. The normalized spacial score (nSPS) is 10.5. The summed E-state index contributed by atoms with van der Waals surface area (Å²) in [4.78, 5) is 23.9. The van der Waals surface area contributed by atoms with E-state index in [1.165, 1.54) is 36.0 Å². The number of hydrogen-bond donors (Lipinski definition) is 2. The van der Waals surface area contributed by atoms with Gasteiger partial charge in [-0.3, -0.25) is 14.2 Å². The minimum atomic E-state index is -0.395. The van der Waals surface area contributed by atoms with Gasteiger partial charge in [-0.05, 0) is 42.8 Å². The summed E-state index contributed by atoms with van der Waals surface area (Å²) in [7, 11) is 0. The number of carbonyl (C=O) groups excluding carboxylic acids is 2. The molecule has 0 aliphatic rings. The van der Waals surface area contributed by atoms with Gasteiger partial charge in [0, 0.05) is 5.69 Å². The quantitative estimate of drug-likeness (QED) is 0.596. The Morgan fingerprint density at radius 1 is 1.11 bits per heavy atom. The maximum Gasteiger partial charge on any atom is 0.243 e. The number of anilines is 1. The first-order chi connectivity index (χ1) is 13.5. The predicted molar refractivity (Wildman–Crippen MR) is 105 cm³/mol. The Bertz CT molecular complexity index is 974. The van der Waals surface area contributed by atoms with Crippen LogP contribution in [0.5, 0.6) is 0 Å². The molecule has 0 saturated carbocycles. The van der Waals surface area contributed by atoms with Crippen LogP contribution in [-0.4, -0.2) is 38.9 Å². The van der Waals surface area contributed by atoms with Crippen LogP contribution in [0, 0.1) is 12.7 Å². The Morgan fingerprint density at radius 3 is 2.61 bits per heavy atom. The summed E-state index contributed by atoms with van der Waals surface area (Å²) in [5.74, 6) is -0.998. The van der Waals surface area contributed by atoms with E-state index in [1.807, 2.05) is 35.8 Å². The number of hydrogen-bond acceptors (Lipinski definition) is 5. The molecule has 0 fully saturated rings. The zero-order valence-electron chi connectivity index (χ0n) is 15.1. The van der Waals surface area contributed by atoms with Crippen molar-refractivity contribution in [2.45, 2.75) is 12.1 Å². The van der Waals surface area contributed by atoms with E-state index >= 15 is 0 Å². The van der Waals surface area contributed by atoms with Crippen molar-refractivity contribution in [3.8, 4) is 5.69 Å². The molecule has 2 aromatic carbocycles. The highest BCUT2D eigenvalue weighted by molar-refractivity contribution is 7.99. The Morgan fingerprint density at radius 2 is 1.86 bits per heavy atom. The fraction of sp³-hybridized carbons (Fsp3) is 0.158. The molecule has 1 aromatic heterocycles. The van der Waals surface area contributed by atoms with Gasteiger partial charge in [-0.1, -0.05) is 30.0 Å². The van der Waals surface area contributed by atoms with Gasteiger partial charge in [-0.25, -0.2) is 4.39 Å². The van der Waals surface area contributed by atoms with E-state index in [1.54, 1.807) is 6.33 Å². The lowest BCUT2D eigenvalue weighted by atomic mass is 10.2. The first-order valence-corrected chi connectivity index (χ1v) is 9.42. The third kappa shape index (κ3) is 5.17. The molecule has 0 aliphatic carbocycles. The summed E-state index contributed by atoms with van der Waals surface area (Å²) in [6, 6.07) is 13.2. The van der Waals surface area contributed by atoms with Gasteiger partial charge < -0.3 is 10.6 Å². The van der Waals surface area contributed by atoms with Crippen molar-refractivity contribution in [3.05, 3.63) is 66.2 Å². The van der Waals surface area contributed by atoms with Crippen LogP contribution in [0.3, 0.4) is 0 Å². The number of aromatic nitrogens is 3. The molecule has 3 aromatic rings. The molecule has 144 valence electrons. The molecule has 28 heavy (non-hydrogen) atoms. The molecular weight excluding hydrogens is 381 g/mol. The van der Waals surface area contributed by atoms with Gasteiger partial charge in [-0.15, -0.1) is 10.2 Å². The van der Waals surface area contributed by atoms with Crippen LogP contribution in [0.15, 0.2) is 60.0 Å². The Kier molecular flexibility index (Phi) is 6.38. The molecule has 0 radical (unpaired) electrons. The number of carbonyl (C=O) groups is 2. The molecular formula is C19H18FN5O2S. The lowest BCUT2D eigenvalue weighted by Crippen LogP contribution is -2.33. The third-order valence-electron chi connectivity index (χ3n) is 3.80. The maximum absolute atomic E-state index is 12.9. The minimum Gasteiger partial charge on any atom is -0.346 e. The highest BCUT2D eigenvalue weighted by Gasteiger charge is 2.12. The van der Waals surface area contributed by atoms with Crippen molar-refractivity contribution in [2.24, 2.45) is 0 Å². The van der Waals surface area contributed by atoms with Crippen LogP contribution in [0.1, 0.15) is 5.56 Å². The molecule has 9 heteroatoms. The van der Waals surface area contributed by atoms with Crippen LogP contribution in [0.4, 0.5) is 10.1 Å². The third-order valence-corrected chi connectivity index (χ3v) is 4.74. The molecule has 2 N–H and O–H groups in total. The van der Waals surface area contributed by atoms with Crippen molar-refractivity contribution < 1.29 is 14.0 Å². The number of halogens is 1. The second-order valence-corrected chi connectivity index (χ2v) is 6.83. The molecule has 7 nitrogen and oxygen atoms in total. The summed E-state index contributed by atoms with van der Waals surface area (Å²) >= 11 is 1.23. The van der Waals surface area contributed by atoms with E-state index in [9.17, 15) is 14.0 Å². The largest absolute Gasteiger partial charge is 0.346 e.